The van der Waals surface area contributed by atoms with E-state index in [1.807, 2.05) is 5.57 Å². The molecule has 3 fully saturated rings. The molecule has 4 rings (SSSR count). The molecule has 0 aromatic carbocycles. The first-order chi connectivity index (χ1) is 14.4. The fourth-order valence-corrected chi connectivity index (χ4v) is 9.30. The summed E-state index contributed by atoms with van der Waals surface area (Å²) >= 11 is 0. The topological polar surface area (TPSA) is 17.1 Å². The van der Waals surface area contributed by atoms with Gasteiger partial charge in [0.25, 0.3) is 0 Å². The number of ketones is 1. The van der Waals surface area contributed by atoms with E-state index < -0.39 is 0 Å². The largest absolute Gasteiger partial charge is 0.299 e. The van der Waals surface area contributed by atoms with Crippen LogP contribution in [-0.2, 0) is 4.79 Å². The number of Topliss-reactive ketones (excluding diaryl/α,β-unsaturated/α-hetero) is 1. The van der Waals surface area contributed by atoms with Crippen molar-refractivity contribution in [3.05, 3.63) is 23.3 Å². The molecule has 0 saturated heterocycles. The highest BCUT2D eigenvalue weighted by Crippen LogP contribution is 2.73. The highest BCUT2D eigenvalue weighted by Gasteiger charge is 2.65. The Labute approximate surface area is 192 Å². The van der Waals surface area contributed by atoms with Crippen LogP contribution in [0.15, 0.2) is 23.3 Å². The van der Waals surface area contributed by atoms with E-state index >= 15 is 0 Å². The minimum absolute atomic E-state index is 0.158. The molecule has 0 radical (unpaired) electrons. The van der Waals surface area contributed by atoms with Crippen LogP contribution in [0.4, 0.5) is 0 Å². The first-order valence-electron chi connectivity index (χ1n) is 13.2. The maximum absolute atomic E-state index is 12.8. The van der Waals surface area contributed by atoms with E-state index in [4.69, 9.17) is 0 Å². The van der Waals surface area contributed by atoms with Gasteiger partial charge in [-0.1, -0.05) is 64.8 Å². The normalized spacial score (nSPS) is 44.6. The highest BCUT2D eigenvalue weighted by atomic mass is 16.1. The lowest BCUT2D eigenvalue weighted by atomic mass is 9.41. The van der Waals surface area contributed by atoms with Crippen LogP contribution < -0.4 is 0 Å². The molecular formula is C30H48O. The molecule has 0 heterocycles. The number of carbonyl (C=O) groups excluding carboxylic acids is 1. The Hall–Kier alpha value is -0.850. The van der Waals surface area contributed by atoms with E-state index in [1.165, 1.54) is 44.1 Å². The number of hydrogen-bond acceptors (Lipinski definition) is 1. The van der Waals surface area contributed by atoms with Crippen molar-refractivity contribution in [2.45, 2.75) is 113 Å². The Morgan fingerprint density at radius 3 is 2.48 bits per heavy atom. The van der Waals surface area contributed by atoms with Crippen LogP contribution in [0, 0.1) is 45.3 Å². The minimum Gasteiger partial charge on any atom is -0.299 e. The Morgan fingerprint density at radius 1 is 1.10 bits per heavy atom. The molecule has 7 atom stereocenters. The van der Waals surface area contributed by atoms with Crippen LogP contribution >= 0.6 is 0 Å². The van der Waals surface area contributed by atoms with Gasteiger partial charge in [0.1, 0.15) is 5.78 Å². The quantitative estimate of drug-likeness (QED) is 0.413. The maximum atomic E-state index is 12.8. The molecule has 31 heavy (non-hydrogen) atoms. The molecule has 0 bridgehead atoms. The molecular weight excluding hydrogens is 376 g/mol. The predicted molar refractivity (Wildman–Crippen MR) is 132 cm³/mol. The number of rotatable bonds is 4. The maximum Gasteiger partial charge on any atom is 0.138 e. The zero-order valence-corrected chi connectivity index (χ0v) is 21.7. The van der Waals surface area contributed by atoms with Crippen molar-refractivity contribution >= 4 is 5.78 Å². The van der Waals surface area contributed by atoms with Crippen molar-refractivity contribution in [2.24, 2.45) is 45.3 Å². The molecule has 0 spiro atoms. The molecule has 0 aromatic heterocycles. The van der Waals surface area contributed by atoms with Gasteiger partial charge in [-0.3, -0.25) is 4.79 Å². The fourth-order valence-electron chi connectivity index (χ4n) is 9.30. The van der Waals surface area contributed by atoms with Crippen molar-refractivity contribution in [2.75, 3.05) is 0 Å². The molecule has 0 amide bonds. The van der Waals surface area contributed by atoms with Gasteiger partial charge in [0.2, 0.25) is 0 Å². The standard InChI is InChI=1S/C30H48O/c1-20(2)10-9-11-21(3)22-14-18-30(8)24-12-13-25-27(4,5)26(31)16-17-28(25,6)23(24)15-19-29(22,30)7/h10,12,21-23,25H,9,11,13-19H2,1-8H3/t21-,22-,23-,25?,28-,29-,30+/m1/s1. The molecule has 4 aliphatic rings. The third kappa shape index (κ3) is 3.26. The Balaban J connectivity index is 1.63. The summed E-state index contributed by atoms with van der Waals surface area (Å²) in [5, 5.41) is 0. The van der Waals surface area contributed by atoms with Crippen LogP contribution in [0.1, 0.15) is 113 Å². The average Bonchev–Trinajstić information content (AvgIpc) is 2.96. The van der Waals surface area contributed by atoms with Crippen molar-refractivity contribution in [3.63, 3.8) is 0 Å². The van der Waals surface area contributed by atoms with Crippen LogP contribution in [0.3, 0.4) is 0 Å². The predicted octanol–water partition coefficient (Wildman–Crippen LogP) is 8.54. The van der Waals surface area contributed by atoms with Crippen LogP contribution in [0.5, 0.6) is 0 Å². The van der Waals surface area contributed by atoms with E-state index in [1.54, 1.807) is 0 Å². The summed E-state index contributed by atoms with van der Waals surface area (Å²) in [7, 11) is 0. The van der Waals surface area contributed by atoms with Gasteiger partial charge in [-0.2, -0.15) is 0 Å². The molecule has 4 aliphatic carbocycles. The zero-order valence-electron chi connectivity index (χ0n) is 21.7. The lowest BCUT2D eigenvalue weighted by Gasteiger charge is -2.63. The summed E-state index contributed by atoms with van der Waals surface area (Å²) in [4.78, 5) is 12.8. The summed E-state index contributed by atoms with van der Waals surface area (Å²) in [6, 6.07) is 0. The second-order valence-corrected chi connectivity index (χ2v) is 13.4. The Morgan fingerprint density at radius 2 is 1.81 bits per heavy atom. The van der Waals surface area contributed by atoms with Crippen molar-refractivity contribution in [1.29, 1.82) is 0 Å². The zero-order chi connectivity index (χ0) is 22.8. The second-order valence-electron chi connectivity index (χ2n) is 13.4. The van der Waals surface area contributed by atoms with E-state index in [0.29, 0.717) is 33.9 Å². The molecule has 0 aliphatic heterocycles. The molecule has 3 saturated carbocycles. The smallest absolute Gasteiger partial charge is 0.138 e. The van der Waals surface area contributed by atoms with Gasteiger partial charge < -0.3 is 0 Å². The van der Waals surface area contributed by atoms with Gasteiger partial charge in [0, 0.05) is 11.8 Å². The Bertz CT molecular complexity index is 795. The van der Waals surface area contributed by atoms with Crippen molar-refractivity contribution in [3.8, 4) is 0 Å². The van der Waals surface area contributed by atoms with E-state index in [9.17, 15) is 4.79 Å². The lowest BCUT2D eigenvalue weighted by Crippen LogP contribution is -2.57. The molecule has 1 heteroatoms. The third-order valence-corrected chi connectivity index (χ3v) is 11.5. The van der Waals surface area contributed by atoms with E-state index in [2.05, 4.69) is 67.5 Å². The fraction of sp³-hybridized carbons (Fsp3) is 0.833. The molecule has 1 nitrogen and oxygen atoms in total. The number of fused-ring (bicyclic) bond motifs is 5. The summed E-state index contributed by atoms with van der Waals surface area (Å²) < 4.78 is 0. The summed E-state index contributed by atoms with van der Waals surface area (Å²) in [5.74, 6) is 3.36. The number of hydrogen-bond donors (Lipinski definition) is 0. The van der Waals surface area contributed by atoms with Gasteiger partial charge >= 0.3 is 0 Å². The number of allylic oxidation sites excluding steroid dienone is 4. The average molecular weight is 425 g/mol. The van der Waals surface area contributed by atoms with Gasteiger partial charge in [-0.05, 0) is 105 Å². The van der Waals surface area contributed by atoms with E-state index in [0.717, 1.165) is 31.1 Å². The summed E-state index contributed by atoms with van der Waals surface area (Å²) in [5.41, 5.74) is 4.20. The van der Waals surface area contributed by atoms with Crippen molar-refractivity contribution in [1.82, 2.24) is 0 Å². The molecule has 174 valence electrons. The first-order valence-corrected chi connectivity index (χ1v) is 13.2. The first kappa shape index (κ1) is 23.3. The third-order valence-electron chi connectivity index (χ3n) is 11.5. The molecule has 0 N–H and O–H groups in total. The summed E-state index contributed by atoms with van der Waals surface area (Å²) in [6.45, 7) is 19.3. The second kappa shape index (κ2) is 7.59. The Kier molecular flexibility index (Phi) is 5.71. The number of carbonyl (C=O) groups is 1. The molecule has 1 unspecified atom stereocenters. The van der Waals surface area contributed by atoms with Crippen LogP contribution in [-0.4, -0.2) is 5.78 Å². The van der Waals surface area contributed by atoms with Gasteiger partial charge in [-0.15, -0.1) is 0 Å². The van der Waals surface area contributed by atoms with Gasteiger partial charge in [0.05, 0.1) is 0 Å². The summed E-state index contributed by atoms with van der Waals surface area (Å²) in [6.07, 6.45) is 16.2. The van der Waals surface area contributed by atoms with E-state index in [-0.39, 0.29) is 5.41 Å². The minimum atomic E-state index is -0.158. The van der Waals surface area contributed by atoms with Crippen molar-refractivity contribution < 1.29 is 4.79 Å². The van der Waals surface area contributed by atoms with Crippen LogP contribution in [0.2, 0.25) is 0 Å². The monoisotopic (exact) mass is 424 g/mol. The molecule has 0 aromatic rings. The van der Waals surface area contributed by atoms with Crippen LogP contribution in [0.25, 0.3) is 0 Å². The SMILES string of the molecule is CC(C)=CCC[C@@H](C)[C@H]1CC[C@@]2(C)C3=CCC4C(C)(C)C(=O)CC[C@]4(C)[C@@H]3CC[C@]12C. The highest BCUT2D eigenvalue weighted by molar-refractivity contribution is 5.85. The lowest BCUT2D eigenvalue weighted by molar-refractivity contribution is -0.146. The van der Waals surface area contributed by atoms with Gasteiger partial charge in [0.15, 0.2) is 0 Å². The van der Waals surface area contributed by atoms with Gasteiger partial charge in [-0.25, -0.2) is 0 Å².